The van der Waals surface area contributed by atoms with Crippen molar-refractivity contribution >= 4 is 44.3 Å². The Morgan fingerprint density at radius 2 is 1.89 bits per heavy atom. The second kappa shape index (κ2) is 9.37. The first-order valence-electron chi connectivity index (χ1n) is 11.8. The van der Waals surface area contributed by atoms with Crippen LogP contribution >= 0.6 is 22.6 Å². The van der Waals surface area contributed by atoms with Gasteiger partial charge in [0.05, 0.1) is 29.3 Å². The number of benzene rings is 2. The van der Waals surface area contributed by atoms with Crippen molar-refractivity contribution in [1.29, 1.82) is 0 Å². The molecule has 5 rings (SSSR count). The van der Waals surface area contributed by atoms with Crippen molar-refractivity contribution in [3.63, 3.8) is 0 Å². The zero-order valence-electron chi connectivity index (χ0n) is 20.0. The second-order valence-electron chi connectivity index (χ2n) is 9.38. The van der Waals surface area contributed by atoms with Gasteiger partial charge in [0.25, 0.3) is 10.0 Å². The maximum atomic E-state index is 14.1. The smallest absolute Gasteiger partial charge is 0.335 e. The summed E-state index contributed by atoms with van der Waals surface area (Å²) in [6, 6.07) is 14.5. The SMILES string of the molecule is C/C=C(\I)CN1C2C[C@@H]3c4ccccc4N(S(=O)(=O)c4ccc(C)cc4)[C@@H]3[C@H]1CC=C2C(=O)OC. The maximum Gasteiger partial charge on any atom is 0.335 e. The number of anilines is 1. The first-order valence-corrected chi connectivity index (χ1v) is 14.3. The van der Waals surface area contributed by atoms with Crippen LogP contribution in [0.25, 0.3) is 0 Å². The van der Waals surface area contributed by atoms with Crippen LogP contribution in [0.1, 0.15) is 36.8 Å². The van der Waals surface area contributed by atoms with Crippen LogP contribution in [0, 0.1) is 6.92 Å². The number of fused-ring (bicyclic) bond motifs is 6. The minimum absolute atomic E-state index is 0.00528. The average molecular weight is 605 g/mol. The molecule has 35 heavy (non-hydrogen) atoms. The first kappa shape index (κ1) is 24.5. The monoisotopic (exact) mass is 604 g/mol. The summed E-state index contributed by atoms with van der Waals surface area (Å²) in [5.74, 6) is -0.308. The number of sulfonamides is 1. The van der Waals surface area contributed by atoms with Crippen LogP contribution in [0.15, 0.2) is 74.7 Å². The van der Waals surface area contributed by atoms with Crippen LogP contribution < -0.4 is 4.31 Å². The van der Waals surface area contributed by atoms with E-state index in [-0.39, 0.29) is 30.0 Å². The summed E-state index contributed by atoms with van der Waals surface area (Å²) in [4.78, 5) is 15.3. The van der Waals surface area contributed by atoms with Crippen LogP contribution in [0.5, 0.6) is 0 Å². The Balaban J connectivity index is 1.66. The molecule has 1 unspecified atom stereocenters. The highest BCUT2D eigenvalue weighted by molar-refractivity contribution is 14.1. The van der Waals surface area contributed by atoms with Crippen LogP contribution in [0.2, 0.25) is 0 Å². The Morgan fingerprint density at radius 1 is 1.17 bits per heavy atom. The highest BCUT2D eigenvalue weighted by Gasteiger charge is 2.56. The molecule has 0 saturated carbocycles. The topological polar surface area (TPSA) is 66.9 Å². The van der Waals surface area contributed by atoms with Gasteiger partial charge in [0, 0.05) is 28.1 Å². The summed E-state index contributed by atoms with van der Waals surface area (Å²) in [5.41, 5.74) is 3.48. The van der Waals surface area contributed by atoms with Gasteiger partial charge in [-0.3, -0.25) is 9.21 Å². The number of ether oxygens (including phenoxy) is 1. The van der Waals surface area contributed by atoms with Crippen LogP contribution in [-0.4, -0.2) is 51.1 Å². The van der Waals surface area contributed by atoms with E-state index in [2.05, 4.69) is 33.6 Å². The summed E-state index contributed by atoms with van der Waals surface area (Å²) in [7, 11) is -2.37. The number of aryl methyl sites for hydroxylation is 1. The number of hydrogen-bond donors (Lipinski definition) is 0. The summed E-state index contributed by atoms with van der Waals surface area (Å²) < 4.78 is 36.2. The molecule has 3 aliphatic heterocycles. The summed E-state index contributed by atoms with van der Waals surface area (Å²) in [6.45, 7) is 4.62. The Kier molecular flexibility index (Phi) is 6.56. The van der Waals surface area contributed by atoms with Gasteiger partial charge in [0.15, 0.2) is 0 Å². The highest BCUT2D eigenvalue weighted by Crippen LogP contribution is 2.53. The number of methoxy groups -OCH3 is 1. The number of rotatable bonds is 5. The lowest BCUT2D eigenvalue weighted by Crippen LogP contribution is -2.63. The van der Waals surface area contributed by atoms with E-state index in [9.17, 15) is 13.2 Å². The van der Waals surface area contributed by atoms with Gasteiger partial charge in [0.2, 0.25) is 0 Å². The fraction of sp³-hybridized carbons (Fsp3) is 0.370. The van der Waals surface area contributed by atoms with Crippen molar-refractivity contribution in [2.45, 2.75) is 55.6 Å². The van der Waals surface area contributed by atoms with Crippen molar-refractivity contribution < 1.29 is 17.9 Å². The summed E-state index contributed by atoms with van der Waals surface area (Å²) in [5, 5.41) is 0. The lowest BCUT2D eigenvalue weighted by molar-refractivity contribution is -0.137. The Morgan fingerprint density at radius 3 is 2.57 bits per heavy atom. The second-order valence-corrected chi connectivity index (χ2v) is 12.6. The largest absolute Gasteiger partial charge is 0.466 e. The molecule has 0 aliphatic carbocycles. The van der Waals surface area contributed by atoms with Gasteiger partial charge >= 0.3 is 5.97 Å². The number of carbonyl (C=O) groups excluding carboxylic acids is 1. The van der Waals surface area contributed by atoms with Crippen LogP contribution in [-0.2, 0) is 19.6 Å². The van der Waals surface area contributed by atoms with E-state index in [0.717, 1.165) is 20.4 Å². The van der Waals surface area contributed by atoms with E-state index < -0.39 is 10.0 Å². The molecule has 1 fully saturated rings. The zero-order chi connectivity index (χ0) is 24.9. The molecule has 4 atom stereocenters. The van der Waals surface area contributed by atoms with Crippen molar-refractivity contribution in [3.05, 3.63) is 81.0 Å². The van der Waals surface area contributed by atoms with Gasteiger partial charge < -0.3 is 4.74 Å². The number of piperidine rings is 1. The molecule has 0 radical (unpaired) electrons. The Labute approximate surface area is 220 Å². The minimum atomic E-state index is -3.79. The molecular weight excluding hydrogens is 575 g/mol. The quantitative estimate of drug-likeness (QED) is 0.358. The van der Waals surface area contributed by atoms with E-state index >= 15 is 0 Å². The van der Waals surface area contributed by atoms with Crippen molar-refractivity contribution in [1.82, 2.24) is 4.90 Å². The zero-order valence-corrected chi connectivity index (χ0v) is 23.0. The van der Waals surface area contributed by atoms with Gasteiger partial charge in [-0.1, -0.05) is 48.0 Å². The Bertz CT molecular complexity index is 1320. The third-order valence-corrected chi connectivity index (χ3v) is 10.3. The van der Waals surface area contributed by atoms with Gasteiger partial charge in [0.1, 0.15) is 0 Å². The molecular formula is C27H29IN2O4S. The van der Waals surface area contributed by atoms with Crippen molar-refractivity contribution in [3.8, 4) is 0 Å². The number of para-hydroxylation sites is 1. The van der Waals surface area contributed by atoms with Gasteiger partial charge in [-0.15, -0.1) is 0 Å². The van der Waals surface area contributed by atoms with E-state index in [0.29, 0.717) is 29.9 Å². The third-order valence-electron chi connectivity index (χ3n) is 7.54. The molecule has 2 bridgehead atoms. The fourth-order valence-electron chi connectivity index (χ4n) is 5.91. The lowest BCUT2D eigenvalue weighted by Gasteiger charge is -2.52. The molecule has 6 nitrogen and oxygen atoms in total. The van der Waals surface area contributed by atoms with E-state index in [4.69, 9.17) is 4.74 Å². The maximum absolute atomic E-state index is 14.1. The van der Waals surface area contributed by atoms with Gasteiger partial charge in [-0.2, -0.15) is 0 Å². The predicted octanol–water partition coefficient (Wildman–Crippen LogP) is 4.94. The minimum Gasteiger partial charge on any atom is -0.466 e. The molecule has 184 valence electrons. The fourth-order valence-corrected chi connectivity index (χ4v) is 8.05. The van der Waals surface area contributed by atoms with Crippen molar-refractivity contribution in [2.24, 2.45) is 0 Å². The molecule has 0 aromatic heterocycles. The average Bonchev–Trinajstić information content (AvgIpc) is 3.18. The number of esters is 1. The van der Waals surface area contributed by atoms with Crippen LogP contribution in [0.3, 0.4) is 0 Å². The molecule has 0 spiro atoms. The van der Waals surface area contributed by atoms with Gasteiger partial charge in [-0.05, 0) is 73.0 Å². The molecule has 0 N–H and O–H groups in total. The van der Waals surface area contributed by atoms with E-state index in [1.165, 1.54) is 7.11 Å². The normalized spacial score (nSPS) is 26.1. The molecule has 0 amide bonds. The summed E-state index contributed by atoms with van der Waals surface area (Å²) >= 11 is 2.33. The molecule has 3 heterocycles. The number of nitrogens with zero attached hydrogens (tertiary/aromatic N) is 2. The van der Waals surface area contributed by atoms with Crippen LogP contribution in [0.4, 0.5) is 5.69 Å². The lowest BCUT2D eigenvalue weighted by atomic mass is 9.74. The first-order chi connectivity index (χ1) is 16.8. The van der Waals surface area contributed by atoms with Gasteiger partial charge in [-0.25, -0.2) is 13.2 Å². The number of hydrogen-bond acceptors (Lipinski definition) is 5. The standard InChI is InChI=1S/C27H29IN2O4S/c1-4-18(28)16-29-24-14-13-21(27(31)34-3)25(29)15-22-20-7-5-6-8-23(20)30(26(22)24)35(32,33)19-11-9-17(2)10-12-19/h4-13,22,24-26H,14-16H2,1-3H3/b18-4-/t22-,24-,25?,26+/m1/s1. The predicted molar refractivity (Wildman–Crippen MR) is 145 cm³/mol. The molecule has 2 aromatic carbocycles. The molecule has 1 saturated heterocycles. The van der Waals surface area contributed by atoms with Crippen molar-refractivity contribution in [2.75, 3.05) is 18.0 Å². The highest BCUT2D eigenvalue weighted by atomic mass is 127. The molecule has 3 aliphatic rings. The van der Waals surface area contributed by atoms with E-state index in [1.54, 1.807) is 16.4 Å². The molecule has 8 heteroatoms. The van der Waals surface area contributed by atoms with E-state index in [1.807, 2.05) is 56.3 Å². The third kappa shape index (κ3) is 4.03. The molecule has 2 aromatic rings. The Hall–Kier alpha value is -2.17. The summed E-state index contributed by atoms with van der Waals surface area (Å²) in [6.07, 6.45) is 5.28. The number of halogens is 1. The number of allylic oxidation sites excluding steroid dienone is 1. The number of carbonyl (C=O) groups is 1.